The van der Waals surface area contributed by atoms with Crippen molar-refractivity contribution in [3.05, 3.63) is 40.7 Å². The number of anilines is 1. The van der Waals surface area contributed by atoms with Gasteiger partial charge in [0.15, 0.2) is 5.69 Å². The van der Waals surface area contributed by atoms with E-state index in [1.807, 2.05) is 12.4 Å². The Morgan fingerprint density at radius 2 is 1.88 bits per heavy atom. The molecule has 1 aliphatic heterocycles. The van der Waals surface area contributed by atoms with Crippen molar-refractivity contribution in [2.45, 2.75) is 38.0 Å². The Hall–Kier alpha value is -2.28. The van der Waals surface area contributed by atoms with Crippen molar-refractivity contribution >= 4 is 23.5 Å². The van der Waals surface area contributed by atoms with Gasteiger partial charge in [0.2, 0.25) is 5.95 Å². The fraction of sp³-hybridized carbons (Fsp3) is 0.500. The fourth-order valence-electron chi connectivity index (χ4n) is 3.04. The van der Waals surface area contributed by atoms with Gasteiger partial charge in [-0.05, 0) is 37.7 Å². The molecule has 4 rings (SSSR count). The normalized spacial score (nSPS) is 16.7. The van der Waals surface area contributed by atoms with Gasteiger partial charge in [-0.15, -0.1) is 0 Å². The molecule has 0 bridgehead atoms. The summed E-state index contributed by atoms with van der Waals surface area (Å²) in [5.41, 5.74) is 1.23. The second kappa shape index (κ2) is 7.53. The third kappa shape index (κ3) is 3.93. The Balaban J connectivity index is 1.34. The highest BCUT2D eigenvalue weighted by Crippen LogP contribution is 2.37. The molecule has 0 atom stereocenters. The van der Waals surface area contributed by atoms with Crippen LogP contribution in [0.2, 0.25) is 5.02 Å². The van der Waals surface area contributed by atoms with Gasteiger partial charge < -0.3 is 10.2 Å². The number of aromatic nitrogens is 4. The van der Waals surface area contributed by atoms with E-state index in [4.69, 9.17) is 11.6 Å². The van der Waals surface area contributed by atoms with Crippen molar-refractivity contribution in [3.63, 3.8) is 0 Å². The Morgan fingerprint density at radius 3 is 2.58 bits per heavy atom. The molecule has 2 aromatic heterocycles. The second-order valence-corrected chi connectivity index (χ2v) is 7.20. The van der Waals surface area contributed by atoms with Crippen LogP contribution in [0.4, 0.5) is 5.95 Å². The third-order valence-electron chi connectivity index (χ3n) is 4.70. The number of hydrogen-bond donors (Lipinski definition) is 1. The molecule has 136 valence electrons. The van der Waals surface area contributed by atoms with Gasteiger partial charge in [0.1, 0.15) is 5.82 Å². The number of amides is 1. The van der Waals surface area contributed by atoms with E-state index in [0.29, 0.717) is 24.8 Å². The molecule has 7 nitrogen and oxygen atoms in total. The van der Waals surface area contributed by atoms with Crippen molar-refractivity contribution in [2.24, 2.45) is 0 Å². The molecule has 26 heavy (non-hydrogen) atoms. The van der Waals surface area contributed by atoms with Crippen LogP contribution in [0.15, 0.2) is 18.6 Å². The van der Waals surface area contributed by atoms with Crippen molar-refractivity contribution in [3.8, 4) is 0 Å². The van der Waals surface area contributed by atoms with Crippen LogP contribution in [0.5, 0.6) is 0 Å². The van der Waals surface area contributed by atoms with Gasteiger partial charge in [-0.1, -0.05) is 11.6 Å². The van der Waals surface area contributed by atoms with Gasteiger partial charge in [-0.25, -0.2) is 19.9 Å². The lowest BCUT2D eigenvalue weighted by Crippen LogP contribution is -2.28. The number of carbonyl (C=O) groups excluding carboxylic acids is 1. The van der Waals surface area contributed by atoms with Crippen LogP contribution in [0.25, 0.3) is 0 Å². The summed E-state index contributed by atoms with van der Waals surface area (Å²) < 4.78 is 0. The molecule has 2 aliphatic rings. The van der Waals surface area contributed by atoms with E-state index >= 15 is 0 Å². The maximum atomic E-state index is 12.4. The maximum Gasteiger partial charge on any atom is 0.271 e. The molecule has 1 amide bonds. The zero-order valence-corrected chi connectivity index (χ0v) is 15.2. The molecule has 0 aromatic carbocycles. The smallest absolute Gasteiger partial charge is 0.271 e. The highest BCUT2D eigenvalue weighted by molar-refractivity contribution is 6.33. The monoisotopic (exact) mass is 372 g/mol. The summed E-state index contributed by atoms with van der Waals surface area (Å²) in [6.07, 6.45) is 10.5. The molecule has 0 radical (unpaired) electrons. The largest absolute Gasteiger partial charge is 0.350 e. The van der Waals surface area contributed by atoms with E-state index in [0.717, 1.165) is 37.3 Å². The van der Waals surface area contributed by atoms with Crippen molar-refractivity contribution < 1.29 is 4.79 Å². The summed E-state index contributed by atoms with van der Waals surface area (Å²) in [5, 5.41) is 3.13. The molecule has 2 fully saturated rings. The zero-order valence-electron chi connectivity index (χ0n) is 14.5. The lowest BCUT2D eigenvalue weighted by Gasteiger charge is -2.16. The molecule has 0 spiro atoms. The molecule has 1 N–H and O–H groups in total. The predicted octanol–water partition coefficient (Wildman–Crippen LogP) is 2.37. The van der Waals surface area contributed by atoms with Crippen molar-refractivity contribution in [1.29, 1.82) is 0 Å². The topological polar surface area (TPSA) is 83.9 Å². The highest BCUT2D eigenvalue weighted by Gasteiger charge is 2.26. The summed E-state index contributed by atoms with van der Waals surface area (Å²) in [6.45, 7) is 2.31. The number of halogens is 1. The van der Waals surface area contributed by atoms with Crippen LogP contribution in [0, 0.1) is 0 Å². The average Bonchev–Trinajstić information content (AvgIpc) is 3.37. The van der Waals surface area contributed by atoms with E-state index < -0.39 is 0 Å². The fourth-order valence-corrected chi connectivity index (χ4v) is 3.21. The number of rotatable bonds is 6. The van der Waals surface area contributed by atoms with Gasteiger partial charge in [0.25, 0.3) is 5.91 Å². The average molecular weight is 373 g/mol. The van der Waals surface area contributed by atoms with Crippen LogP contribution >= 0.6 is 11.6 Å². The molecule has 1 aliphatic carbocycles. The van der Waals surface area contributed by atoms with E-state index in [1.165, 1.54) is 19.0 Å². The zero-order chi connectivity index (χ0) is 17.9. The molecule has 8 heteroatoms. The summed E-state index contributed by atoms with van der Waals surface area (Å²) >= 11 is 6.12. The highest BCUT2D eigenvalue weighted by atomic mass is 35.5. The molecule has 0 unspecified atom stereocenters. The molecule has 3 heterocycles. The standard InChI is InChI=1S/C18H21ClN6O/c19-14-11-23-18(25-7-1-2-8-25)24-15(14)17(26)20-6-5-12-9-21-16(22-10-12)13-3-4-13/h9-11,13H,1-8H2,(H,20,26). The quantitative estimate of drug-likeness (QED) is 0.838. The van der Waals surface area contributed by atoms with Crippen LogP contribution in [0.3, 0.4) is 0 Å². The van der Waals surface area contributed by atoms with Crippen molar-refractivity contribution in [2.75, 3.05) is 24.5 Å². The summed E-state index contributed by atoms with van der Waals surface area (Å²) in [7, 11) is 0. The summed E-state index contributed by atoms with van der Waals surface area (Å²) in [6, 6.07) is 0. The number of carbonyl (C=O) groups is 1. The van der Waals surface area contributed by atoms with Gasteiger partial charge in [-0.2, -0.15) is 0 Å². The molecular formula is C18H21ClN6O. The third-order valence-corrected chi connectivity index (χ3v) is 4.98. The molecular weight excluding hydrogens is 352 g/mol. The number of nitrogens with zero attached hydrogens (tertiary/aromatic N) is 5. The van der Waals surface area contributed by atoms with Crippen molar-refractivity contribution in [1.82, 2.24) is 25.3 Å². The van der Waals surface area contributed by atoms with Crippen LogP contribution < -0.4 is 10.2 Å². The Kier molecular flexibility index (Phi) is 4.97. The molecule has 1 saturated heterocycles. The summed E-state index contributed by atoms with van der Waals surface area (Å²) in [5.74, 6) is 1.77. The molecule has 1 saturated carbocycles. The lowest BCUT2D eigenvalue weighted by molar-refractivity contribution is 0.0949. The number of nitrogens with one attached hydrogen (secondary N) is 1. The molecule has 2 aromatic rings. The second-order valence-electron chi connectivity index (χ2n) is 6.79. The van der Waals surface area contributed by atoms with Gasteiger partial charge in [0, 0.05) is 37.9 Å². The lowest BCUT2D eigenvalue weighted by atomic mass is 10.2. The Morgan fingerprint density at radius 1 is 1.15 bits per heavy atom. The van der Waals surface area contributed by atoms with Crippen LogP contribution in [-0.2, 0) is 6.42 Å². The SMILES string of the molecule is O=C(NCCc1cnc(C2CC2)nc1)c1nc(N2CCCC2)ncc1Cl. The minimum absolute atomic E-state index is 0.226. The van der Waals surface area contributed by atoms with E-state index in [9.17, 15) is 4.79 Å². The Labute approximate surface area is 157 Å². The number of hydrogen-bond acceptors (Lipinski definition) is 6. The van der Waals surface area contributed by atoms with Crippen LogP contribution in [-0.4, -0.2) is 45.5 Å². The first-order valence-corrected chi connectivity index (χ1v) is 9.45. The minimum atomic E-state index is -0.284. The van der Waals surface area contributed by atoms with Gasteiger partial charge in [0.05, 0.1) is 11.2 Å². The minimum Gasteiger partial charge on any atom is -0.350 e. The van der Waals surface area contributed by atoms with Gasteiger partial charge in [-0.3, -0.25) is 4.79 Å². The maximum absolute atomic E-state index is 12.4. The first-order valence-electron chi connectivity index (χ1n) is 9.07. The Bertz CT molecular complexity index is 787. The van der Waals surface area contributed by atoms with E-state index in [2.05, 4.69) is 30.2 Å². The van der Waals surface area contributed by atoms with Gasteiger partial charge >= 0.3 is 0 Å². The predicted molar refractivity (Wildman–Crippen MR) is 98.5 cm³/mol. The van der Waals surface area contributed by atoms with Crippen LogP contribution in [0.1, 0.15) is 53.5 Å². The van der Waals surface area contributed by atoms with E-state index in [-0.39, 0.29) is 16.6 Å². The first kappa shape index (κ1) is 17.1. The first-order chi connectivity index (χ1) is 12.7. The summed E-state index contributed by atoms with van der Waals surface area (Å²) in [4.78, 5) is 31.9. The van der Waals surface area contributed by atoms with E-state index in [1.54, 1.807) is 0 Å².